The van der Waals surface area contributed by atoms with Crippen molar-refractivity contribution in [1.29, 1.82) is 0 Å². The van der Waals surface area contributed by atoms with E-state index < -0.39 is 17.9 Å². The molecule has 3 aromatic carbocycles. The molecule has 36 heavy (non-hydrogen) atoms. The molecule has 0 fully saturated rings. The quantitative estimate of drug-likeness (QED) is 0.303. The smallest absolute Gasteiger partial charge is 0.326 e. The summed E-state index contributed by atoms with van der Waals surface area (Å²) in [5, 5.41) is 12.2. The van der Waals surface area contributed by atoms with E-state index in [1.807, 2.05) is 80.8 Å². The first kappa shape index (κ1) is 27.1. The predicted octanol–water partition coefficient (Wildman–Crippen LogP) is 5.83. The molecule has 0 aliphatic rings. The van der Waals surface area contributed by atoms with Crippen LogP contribution in [0.3, 0.4) is 0 Å². The molecular formula is C29H33NO5S. The number of hydrogen-bond donors (Lipinski definition) is 2. The third-order valence-corrected chi connectivity index (χ3v) is 6.40. The zero-order valence-corrected chi connectivity index (χ0v) is 21.7. The normalized spacial score (nSPS) is 12.4. The van der Waals surface area contributed by atoms with E-state index in [-0.39, 0.29) is 6.10 Å². The Hall–Kier alpha value is -3.45. The number of nitrogens with one attached hydrogen (secondary N) is 1. The summed E-state index contributed by atoms with van der Waals surface area (Å²) in [7, 11) is 0. The fourth-order valence-electron chi connectivity index (χ4n) is 3.77. The molecule has 0 aliphatic carbocycles. The second-order valence-corrected chi connectivity index (χ2v) is 9.53. The highest BCUT2D eigenvalue weighted by Crippen LogP contribution is 2.31. The zero-order chi connectivity index (χ0) is 25.9. The molecule has 0 heterocycles. The molecule has 1 unspecified atom stereocenters. The van der Waals surface area contributed by atoms with Crippen LogP contribution in [0.2, 0.25) is 0 Å². The Labute approximate surface area is 217 Å². The van der Waals surface area contributed by atoms with Crippen molar-refractivity contribution in [2.24, 2.45) is 0 Å². The van der Waals surface area contributed by atoms with Gasteiger partial charge in [-0.25, -0.2) is 4.79 Å². The molecule has 3 aromatic rings. The predicted molar refractivity (Wildman–Crippen MR) is 145 cm³/mol. The van der Waals surface area contributed by atoms with E-state index in [9.17, 15) is 14.7 Å². The number of ether oxygens (including phenoxy) is 2. The molecule has 0 saturated heterocycles. The molecule has 6 nitrogen and oxygen atoms in total. The van der Waals surface area contributed by atoms with Crippen molar-refractivity contribution in [3.63, 3.8) is 0 Å². The van der Waals surface area contributed by atoms with Crippen LogP contribution in [0.15, 0.2) is 72.8 Å². The maximum atomic E-state index is 13.2. The third-order valence-electron chi connectivity index (χ3n) is 5.76. The maximum Gasteiger partial charge on any atom is 0.326 e. The van der Waals surface area contributed by atoms with Crippen molar-refractivity contribution in [3.05, 3.63) is 83.9 Å². The van der Waals surface area contributed by atoms with Gasteiger partial charge in [0.15, 0.2) is 0 Å². The summed E-state index contributed by atoms with van der Waals surface area (Å²) in [5.74, 6) is 0.634. The topological polar surface area (TPSA) is 84.9 Å². The van der Waals surface area contributed by atoms with Crippen molar-refractivity contribution in [1.82, 2.24) is 5.32 Å². The molecule has 0 saturated carbocycles. The van der Waals surface area contributed by atoms with E-state index in [0.29, 0.717) is 42.1 Å². The summed E-state index contributed by atoms with van der Waals surface area (Å²) in [5.41, 5.74) is 3.01. The van der Waals surface area contributed by atoms with Gasteiger partial charge in [-0.15, -0.1) is 0 Å². The Kier molecular flexibility index (Phi) is 10.2. The van der Waals surface area contributed by atoms with Crippen LogP contribution in [-0.4, -0.2) is 47.7 Å². The molecule has 0 aromatic heterocycles. The number of para-hydroxylation sites is 1. The number of carboxylic acids is 1. The second kappa shape index (κ2) is 13.6. The number of benzene rings is 3. The molecule has 2 atom stereocenters. The van der Waals surface area contributed by atoms with Gasteiger partial charge in [-0.3, -0.25) is 4.79 Å². The van der Waals surface area contributed by atoms with Crippen molar-refractivity contribution >= 4 is 23.6 Å². The van der Waals surface area contributed by atoms with E-state index in [1.165, 1.54) is 0 Å². The number of rotatable bonds is 13. The van der Waals surface area contributed by atoms with Crippen molar-refractivity contribution in [2.45, 2.75) is 38.8 Å². The van der Waals surface area contributed by atoms with Crippen molar-refractivity contribution in [3.8, 4) is 22.6 Å². The first-order valence-corrected chi connectivity index (χ1v) is 13.4. The highest BCUT2D eigenvalue weighted by atomic mass is 32.2. The van der Waals surface area contributed by atoms with Crippen LogP contribution >= 0.6 is 11.8 Å². The van der Waals surface area contributed by atoms with Gasteiger partial charge in [0.2, 0.25) is 0 Å². The van der Waals surface area contributed by atoms with E-state index in [1.54, 1.807) is 23.9 Å². The number of carboxylic acid groups (broad SMARTS) is 1. The van der Waals surface area contributed by atoms with Crippen LogP contribution in [0, 0.1) is 6.92 Å². The van der Waals surface area contributed by atoms with Gasteiger partial charge >= 0.3 is 5.97 Å². The Morgan fingerprint density at radius 3 is 2.36 bits per heavy atom. The highest BCUT2D eigenvalue weighted by molar-refractivity contribution is 7.98. The number of carbonyl (C=O) groups excluding carboxylic acids is 1. The summed E-state index contributed by atoms with van der Waals surface area (Å²) >= 11 is 1.54. The van der Waals surface area contributed by atoms with Gasteiger partial charge in [0, 0.05) is 12.0 Å². The first-order valence-electron chi connectivity index (χ1n) is 12.0. The lowest BCUT2D eigenvalue weighted by atomic mass is 9.95. The molecule has 0 aliphatic heterocycles. The number of thioether (sulfide) groups is 1. The average molecular weight is 508 g/mol. The van der Waals surface area contributed by atoms with Crippen LogP contribution in [0.25, 0.3) is 11.1 Å². The minimum absolute atomic E-state index is 0.0254. The Morgan fingerprint density at radius 1 is 0.944 bits per heavy atom. The Morgan fingerprint density at radius 2 is 1.67 bits per heavy atom. The van der Waals surface area contributed by atoms with E-state index in [0.717, 1.165) is 16.9 Å². The SMILES string of the molecule is CSCC[C@H](NC(=O)c1ccc(OCCC(C)Oc2ccccc2)cc1-c1ccccc1C)C(=O)O. The highest BCUT2D eigenvalue weighted by Gasteiger charge is 2.23. The number of amides is 1. The van der Waals surface area contributed by atoms with Crippen LogP contribution in [-0.2, 0) is 4.79 Å². The summed E-state index contributed by atoms with van der Waals surface area (Å²) in [4.78, 5) is 24.8. The number of carbonyl (C=O) groups is 2. The fraction of sp³-hybridized carbons (Fsp3) is 0.310. The molecule has 0 radical (unpaired) electrons. The first-order chi connectivity index (χ1) is 17.4. The molecule has 7 heteroatoms. The summed E-state index contributed by atoms with van der Waals surface area (Å²) in [6, 6.07) is 21.8. The standard InChI is InChI=1S/C29H33NO5S/c1-20-9-7-8-12-24(20)26-19-23(34-17-15-21(2)35-22-10-5-4-6-11-22)13-14-25(26)28(31)30-27(29(32)33)16-18-36-3/h4-14,19,21,27H,15-18H2,1-3H3,(H,30,31)(H,32,33)/t21?,27-/m0/s1. The fourth-order valence-corrected chi connectivity index (χ4v) is 4.24. The summed E-state index contributed by atoms with van der Waals surface area (Å²) in [6.07, 6.45) is 2.92. The van der Waals surface area contributed by atoms with E-state index >= 15 is 0 Å². The lowest BCUT2D eigenvalue weighted by Gasteiger charge is -2.18. The van der Waals surface area contributed by atoms with Crippen molar-refractivity contribution in [2.75, 3.05) is 18.6 Å². The van der Waals surface area contributed by atoms with E-state index in [2.05, 4.69) is 5.32 Å². The molecular weight excluding hydrogens is 474 g/mol. The van der Waals surface area contributed by atoms with Gasteiger partial charge in [-0.1, -0.05) is 42.5 Å². The van der Waals surface area contributed by atoms with Gasteiger partial charge < -0.3 is 19.9 Å². The Balaban J connectivity index is 1.76. The van der Waals surface area contributed by atoms with Gasteiger partial charge in [-0.2, -0.15) is 11.8 Å². The Bertz CT molecular complexity index is 1150. The van der Waals surface area contributed by atoms with Gasteiger partial charge in [0.25, 0.3) is 5.91 Å². The van der Waals surface area contributed by atoms with Crippen LogP contribution in [0.4, 0.5) is 0 Å². The lowest BCUT2D eigenvalue weighted by Crippen LogP contribution is -2.41. The third kappa shape index (κ3) is 7.78. The molecule has 1 amide bonds. The van der Waals surface area contributed by atoms with Crippen LogP contribution in [0.1, 0.15) is 35.7 Å². The number of aliphatic carboxylic acids is 1. The number of hydrogen-bond acceptors (Lipinski definition) is 5. The molecule has 3 rings (SSSR count). The molecule has 0 bridgehead atoms. The summed E-state index contributed by atoms with van der Waals surface area (Å²) < 4.78 is 11.9. The number of aryl methyl sites for hydroxylation is 1. The average Bonchev–Trinajstić information content (AvgIpc) is 2.87. The largest absolute Gasteiger partial charge is 0.493 e. The zero-order valence-electron chi connectivity index (χ0n) is 20.9. The van der Waals surface area contributed by atoms with Crippen molar-refractivity contribution < 1.29 is 24.2 Å². The molecule has 190 valence electrons. The molecule has 0 spiro atoms. The summed E-state index contributed by atoms with van der Waals surface area (Å²) in [6.45, 7) is 4.42. The lowest BCUT2D eigenvalue weighted by molar-refractivity contribution is -0.139. The monoisotopic (exact) mass is 507 g/mol. The minimum atomic E-state index is -1.04. The van der Waals surface area contributed by atoms with Gasteiger partial charge in [-0.05, 0) is 79.3 Å². The second-order valence-electron chi connectivity index (χ2n) is 8.55. The maximum absolute atomic E-state index is 13.2. The van der Waals surface area contributed by atoms with Crippen LogP contribution in [0.5, 0.6) is 11.5 Å². The van der Waals surface area contributed by atoms with Gasteiger partial charge in [0.05, 0.1) is 12.7 Å². The molecule has 2 N–H and O–H groups in total. The minimum Gasteiger partial charge on any atom is -0.493 e. The van der Waals surface area contributed by atoms with Crippen LogP contribution < -0.4 is 14.8 Å². The van der Waals surface area contributed by atoms with Gasteiger partial charge in [0.1, 0.15) is 17.5 Å². The van der Waals surface area contributed by atoms with E-state index in [4.69, 9.17) is 9.47 Å².